The van der Waals surface area contributed by atoms with E-state index >= 15 is 0 Å². The van der Waals surface area contributed by atoms with E-state index in [-0.39, 0.29) is 10.6 Å². The summed E-state index contributed by atoms with van der Waals surface area (Å²) < 4.78 is 35.6. The maximum atomic E-state index is 12.7. The number of carbonyl (C=O) groups excluding carboxylic acids is 1. The summed E-state index contributed by atoms with van der Waals surface area (Å²) in [6.07, 6.45) is 0. The molecule has 0 fully saturated rings. The molecule has 14 heavy (non-hydrogen) atoms. The molecular formula is C8H6FNO3S. The molecule has 1 aromatic rings. The molecule has 1 amide bonds. The molecule has 1 heterocycles. The normalized spacial score (nSPS) is 18.5. The van der Waals surface area contributed by atoms with E-state index in [1.807, 2.05) is 0 Å². The van der Waals surface area contributed by atoms with Crippen LogP contribution >= 0.6 is 0 Å². The highest BCUT2D eigenvalue weighted by Crippen LogP contribution is 2.26. The Hall–Kier alpha value is -1.43. The molecule has 1 N–H and O–H groups in total. The molecule has 6 heteroatoms. The van der Waals surface area contributed by atoms with E-state index in [1.165, 1.54) is 0 Å². The second kappa shape index (κ2) is 2.78. The summed E-state index contributed by atoms with van der Waals surface area (Å²) in [6, 6.07) is 3.19. The molecule has 0 bridgehead atoms. The Morgan fingerprint density at radius 2 is 2.07 bits per heavy atom. The van der Waals surface area contributed by atoms with Gasteiger partial charge in [-0.05, 0) is 18.2 Å². The first-order chi connectivity index (χ1) is 6.49. The fourth-order valence-corrected chi connectivity index (χ4v) is 2.60. The summed E-state index contributed by atoms with van der Waals surface area (Å²) in [5.74, 6) is -1.80. The van der Waals surface area contributed by atoms with E-state index in [1.54, 1.807) is 0 Å². The van der Waals surface area contributed by atoms with Crippen molar-refractivity contribution in [1.82, 2.24) is 0 Å². The van der Waals surface area contributed by atoms with Crippen LogP contribution in [0.15, 0.2) is 23.1 Å². The predicted octanol–water partition coefficient (Wildman–Crippen LogP) is 0.552. The fraction of sp³-hybridized carbons (Fsp3) is 0.125. The van der Waals surface area contributed by atoms with Crippen LogP contribution < -0.4 is 5.32 Å². The Kier molecular flexibility index (Phi) is 1.81. The molecule has 2 rings (SSSR count). The molecule has 0 saturated heterocycles. The van der Waals surface area contributed by atoms with Crippen molar-refractivity contribution in [2.24, 2.45) is 0 Å². The van der Waals surface area contributed by atoms with Crippen molar-refractivity contribution in [3.63, 3.8) is 0 Å². The Labute approximate surface area is 79.7 Å². The van der Waals surface area contributed by atoms with Crippen molar-refractivity contribution >= 4 is 21.4 Å². The summed E-state index contributed by atoms with van der Waals surface area (Å²) >= 11 is 0. The molecule has 1 aliphatic heterocycles. The first kappa shape index (κ1) is 9.14. The van der Waals surface area contributed by atoms with E-state index < -0.39 is 27.3 Å². The minimum absolute atomic E-state index is 0.0150. The van der Waals surface area contributed by atoms with Gasteiger partial charge < -0.3 is 5.32 Å². The number of sulfone groups is 1. The monoisotopic (exact) mass is 215 g/mol. The van der Waals surface area contributed by atoms with Crippen molar-refractivity contribution in [3.05, 3.63) is 24.0 Å². The number of anilines is 1. The Morgan fingerprint density at radius 3 is 2.79 bits per heavy atom. The quantitative estimate of drug-likeness (QED) is 0.643. The summed E-state index contributed by atoms with van der Waals surface area (Å²) in [4.78, 5) is 10.9. The first-order valence-corrected chi connectivity index (χ1v) is 5.46. The third-order valence-electron chi connectivity index (χ3n) is 1.87. The van der Waals surface area contributed by atoms with Gasteiger partial charge in [-0.1, -0.05) is 0 Å². The van der Waals surface area contributed by atoms with Crippen LogP contribution in [0.5, 0.6) is 0 Å². The topological polar surface area (TPSA) is 63.2 Å². The van der Waals surface area contributed by atoms with Crippen LogP contribution in [0, 0.1) is 5.82 Å². The Bertz CT molecular complexity index is 509. The highest BCUT2D eigenvalue weighted by Gasteiger charge is 2.28. The average Bonchev–Trinajstić information content (AvgIpc) is 2.00. The Morgan fingerprint density at radius 1 is 1.36 bits per heavy atom. The van der Waals surface area contributed by atoms with E-state index in [2.05, 4.69) is 5.32 Å². The predicted molar refractivity (Wildman–Crippen MR) is 47.1 cm³/mol. The highest BCUT2D eigenvalue weighted by molar-refractivity contribution is 7.92. The van der Waals surface area contributed by atoms with Gasteiger partial charge in [-0.25, -0.2) is 12.8 Å². The van der Waals surface area contributed by atoms with E-state index in [0.29, 0.717) is 0 Å². The van der Waals surface area contributed by atoms with Gasteiger partial charge in [0.1, 0.15) is 11.6 Å². The summed E-state index contributed by atoms with van der Waals surface area (Å²) in [6.45, 7) is 0. The number of benzene rings is 1. The molecule has 74 valence electrons. The van der Waals surface area contributed by atoms with Gasteiger partial charge in [0.2, 0.25) is 5.91 Å². The molecular weight excluding hydrogens is 209 g/mol. The number of amides is 1. The minimum atomic E-state index is -3.59. The van der Waals surface area contributed by atoms with Crippen LogP contribution in [0.2, 0.25) is 0 Å². The van der Waals surface area contributed by atoms with Gasteiger partial charge in [0.25, 0.3) is 0 Å². The largest absolute Gasteiger partial charge is 0.324 e. The third kappa shape index (κ3) is 1.37. The summed E-state index contributed by atoms with van der Waals surface area (Å²) in [5.41, 5.74) is 0.0150. The molecule has 0 atom stereocenters. The molecule has 0 spiro atoms. The van der Waals surface area contributed by atoms with Gasteiger partial charge in [0.15, 0.2) is 9.84 Å². The maximum Gasteiger partial charge on any atom is 0.239 e. The van der Waals surface area contributed by atoms with E-state index in [0.717, 1.165) is 18.2 Å². The van der Waals surface area contributed by atoms with E-state index in [9.17, 15) is 17.6 Å². The number of rotatable bonds is 0. The van der Waals surface area contributed by atoms with Crippen molar-refractivity contribution in [3.8, 4) is 0 Å². The zero-order chi connectivity index (χ0) is 10.3. The van der Waals surface area contributed by atoms with Gasteiger partial charge in [-0.3, -0.25) is 4.79 Å². The average molecular weight is 215 g/mol. The SMILES string of the molecule is O=C1CS(=O)(=O)c2ccc(F)cc2N1. The lowest BCUT2D eigenvalue weighted by atomic mass is 10.3. The van der Waals surface area contributed by atoms with Gasteiger partial charge in [0, 0.05) is 0 Å². The van der Waals surface area contributed by atoms with Crippen LogP contribution in [0.1, 0.15) is 0 Å². The van der Waals surface area contributed by atoms with Crippen LogP contribution in [0.25, 0.3) is 0 Å². The van der Waals surface area contributed by atoms with Crippen LogP contribution in [0.4, 0.5) is 10.1 Å². The maximum absolute atomic E-state index is 12.7. The zero-order valence-electron chi connectivity index (χ0n) is 6.95. The van der Waals surface area contributed by atoms with Gasteiger partial charge in [-0.2, -0.15) is 0 Å². The van der Waals surface area contributed by atoms with Crippen molar-refractivity contribution in [2.75, 3.05) is 11.1 Å². The summed E-state index contributed by atoms with van der Waals surface area (Å²) in [5, 5.41) is 2.30. The second-order valence-electron chi connectivity index (χ2n) is 2.95. The minimum Gasteiger partial charge on any atom is -0.324 e. The Balaban J connectivity index is 2.69. The number of hydrogen-bond acceptors (Lipinski definition) is 3. The van der Waals surface area contributed by atoms with Gasteiger partial charge >= 0.3 is 0 Å². The first-order valence-electron chi connectivity index (χ1n) is 3.81. The smallest absolute Gasteiger partial charge is 0.239 e. The zero-order valence-corrected chi connectivity index (χ0v) is 7.77. The number of halogens is 1. The van der Waals surface area contributed by atoms with Crippen LogP contribution in [-0.4, -0.2) is 20.1 Å². The lowest BCUT2D eigenvalue weighted by Gasteiger charge is -2.16. The van der Waals surface area contributed by atoms with Crippen molar-refractivity contribution in [2.45, 2.75) is 4.90 Å². The molecule has 1 aromatic carbocycles. The lowest BCUT2D eigenvalue weighted by molar-refractivity contribution is -0.114. The second-order valence-corrected chi connectivity index (χ2v) is 4.91. The van der Waals surface area contributed by atoms with Gasteiger partial charge in [0.05, 0.1) is 10.6 Å². The van der Waals surface area contributed by atoms with Gasteiger partial charge in [-0.15, -0.1) is 0 Å². The molecule has 0 radical (unpaired) electrons. The van der Waals surface area contributed by atoms with Crippen molar-refractivity contribution < 1.29 is 17.6 Å². The van der Waals surface area contributed by atoms with Crippen LogP contribution in [-0.2, 0) is 14.6 Å². The standard InChI is InChI=1S/C8H6FNO3S/c9-5-1-2-7-6(3-5)10-8(11)4-14(7,12)13/h1-3H,4H2,(H,10,11). The number of carbonyl (C=O) groups is 1. The molecule has 4 nitrogen and oxygen atoms in total. The molecule has 0 aliphatic carbocycles. The molecule has 0 aromatic heterocycles. The number of nitrogens with one attached hydrogen (secondary N) is 1. The fourth-order valence-electron chi connectivity index (χ4n) is 1.31. The highest BCUT2D eigenvalue weighted by atomic mass is 32.2. The number of fused-ring (bicyclic) bond motifs is 1. The third-order valence-corrected chi connectivity index (χ3v) is 3.54. The molecule has 1 aliphatic rings. The summed E-state index contributed by atoms with van der Waals surface area (Å²) in [7, 11) is -3.59. The van der Waals surface area contributed by atoms with Crippen LogP contribution in [0.3, 0.4) is 0 Å². The van der Waals surface area contributed by atoms with E-state index in [4.69, 9.17) is 0 Å². The van der Waals surface area contributed by atoms with Crippen molar-refractivity contribution in [1.29, 1.82) is 0 Å². The number of hydrogen-bond donors (Lipinski definition) is 1. The lowest BCUT2D eigenvalue weighted by Crippen LogP contribution is -2.29. The molecule has 0 saturated carbocycles. The molecule has 0 unspecified atom stereocenters.